The summed E-state index contributed by atoms with van der Waals surface area (Å²) in [4.78, 5) is 18.4. The minimum atomic E-state index is 0. The fourth-order valence-corrected chi connectivity index (χ4v) is 1.97. The first-order valence-electron chi connectivity index (χ1n) is 6.22. The van der Waals surface area contributed by atoms with Crippen LogP contribution >= 0.6 is 12.4 Å². The molecule has 0 bridgehead atoms. The van der Waals surface area contributed by atoms with Crippen molar-refractivity contribution in [1.29, 1.82) is 0 Å². The van der Waals surface area contributed by atoms with Crippen molar-refractivity contribution in [2.45, 2.75) is 38.8 Å². The number of hydrogen-bond donors (Lipinski definition) is 1. The Morgan fingerprint density at radius 3 is 2.83 bits per heavy atom. The molecular weight excluding hydrogens is 250 g/mol. The van der Waals surface area contributed by atoms with Crippen LogP contribution in [0.2, 0.25) is 0 Å². The van der Waals surface area contributed by atoms with E-state index < -0.39 is 0 Å². The molecule has 0 unspecified atom stereocenters. The normalized spacial score (nSPS) is 13.9. The molecule has 100 valence electrons. The maximum atomic E-state index is 12.3. The maximum absolute atomic E-state index is 12.3. The minimum Gasteiger partial charge on any atom is -0.336 e. The van der Waals surface area contributed by atoms with Gasteiger partial charge in [-0.05, 0) is 31.4 Å². The standard InChI is InChI=1S/C13H19N3O.ClH/c1-2-7-16(12-3-4-12)13(17)10-5-6-15-11(8-10)9-14;/h5-6,8,12H,2-4,7,9,14H2,1H3;1H. The van der Waals surface area contributed by atoms with Gasteiger partial charge in [-0.1, -0.05) is 6.92 Å². The molecule has 1 fully saturated rings. The van der Waals surface area contributed by atoms with E-state index in [0.29, 0.717) is 18.2 Å². The van der Waals surface area contributed by atoms with E-state index in [1.165, 1.54) is 0 Å². The monoisotopic (exact) mass is 269 g/mol. The van der Waals surface area contributed by atoms with E-state index in [1.807, 2.05) is 4.90 Å². The number of carbonyl (C=O) groups is 1. The molecule has 2 rings (SSSR count). The van der Waals surface area contributed by atoms with E-state index in [2.05, 4.69) is 11.9 Å². The van der Waals surface area contributed by atoms with E-state index in [1.54, 1.807) is 18.3 Å². The van der Waals surface area contributed by atoms with Gasteiger partial charge in [0.25, 0.3) is 5.91 Å². The maximum Gasteiger partial charge on any atom is 0.254 e. The van der Waals surface area contributed by atoms with Crippen LogP contribution in [0.3, 0.4) is 0 Å². The summed E-state index contributed by atoms with van der Waals surface area (Å²) in [5.74, 6) is 0.117. The molecule has 1 aliphatic rings. The van der Waals surface area contributed by atoms with Gasteiger partial charge in [-0.15, -0.1) is 12.4 Å². The molecule has 18 heavy (non-hydrogen) atoms. The van der Waals surface area contributed by atoms with E-state index >= 15 is 0 Å². The van der Waals surface area contributed by atoms with E-state index in [0.717, 1.165) is 31.5 Å². The summed E-state index contributed by atoms with van der Waals surface area (Å²) < 4.78 is 0. The summed E-state index contributed by atoms with van der Waals surface area (Å²) >= 11 is 0. The van der Waals surface area contributed by atoms with Crippen molar-refractivity contribution in [3.8, 4) is 0 Å². The molecule has 1 aromatic rings. The van der Waals surface area contributed by atoms with Gasteiger partial charge in [-0.2, -0.15) is 0 Å². The van der Waals surface area contributed by atoms with Crippen molar-refractivity contribution in [2.75, 3.05) is 6.54 Å². The lowest BCUT2D eigenvalue weighted by atomic mass is 10.2. The lowest BCUT2D eigenvalue weighted by molar-refractivity contribution is 0.0743. The van der Waals surface area contributed by atoms with E-state index in [4.69, 9.17) is 5.73 Å². The molecule has 2 N–H and O–H groups in total. The zero-order valence-electron chi connectivity index (χ0n) is 10.6. The van der Waals surface area contributed by atoms with Gasteiger partial charge in [0, 0.05) is 30.9 Å². The van der Waals surface area contributed by atoms with Crippen LogP contribution in [-0.2, 0) is 6.54 Å². The lowest BCUT2D eigenvalue weighted by Crippen LogP contribution is -2.33. The minimum absolute atomic E-state index is 0. The summed E-state index contributed by atoms with van der Waals surface area (Å²) in [6, 6.07) is 4.02. The quantitative estimate of drug-likeness (QED) is 0.889. The van der Waals surface area contributed by atoms with Gasteiger partial charge < -0.3 is 10.6 Å². The predicted octanol–water partition coefficient (Wildman–Crippen LogP) is 1.98. The Morgan fingerprint density at radius 1 is 1.56 bits per heavy atom. The number of nitrogens with two attached hydrogens (primary N) is 1. The van der Waals surface area contributed by atoms with Gasteiger partial charge in [0.2, 0.25) is 0 Å². The summed E-state index contributed by atoms with van der Waals surface area (Å²) in [7, 11) is 0. The number of halogens is 1. The molecule has 1 saturated carbocycles. The van der Waals surface area contributed by atoms with Crippen LogP contribution in [0.4, 0.5) is 0 Å². The number of nitrogens with zero attached hydrogens (tertiary/aromatic N) is 2. The molecule has 5 heteroatoms. The zero-order chi connectivity index (χ0) is 12.3. The van der Waals surface area contributed by atoms with Gasteiger partial charge >= 0.3 is 0 Å². The van der Waals surface area contributed by atoms with Crippen LogP contribution in [0.1, 0.15) is 42.2 Å². The fraction of sp³-hybridized carbons (Fsp3) is 0.538. The number of rotatable bonds is 5. The fourth-order valence-electron chi connectivity index (χ4n) is 1.97. The predicted molar refractivity (Wildman–Crippen MR) is 73.7 cm³/mol. The number of aromatic nitrogens is 1. The Labute approximate surface area is 114 Å². The molecule has 0 aliphatic heterocycles. The number of pyridine rings is 1. The Kier molecular flexibility index (Phi) is 5.56. The average molecular weight is 270 g/mol. The van der Waals surface area contributed by atoms with Crippen LogP contribution in [0.25, 0.3) is 0 Å². The first-order valence-corrected chi connectivity index (χ1v) is 6.22. The van der Waals surface area contributed by atoms with Gasteiger partial charge in [-0.25, -0.2) is 0 Å². The van der Waals surface area contributed by atoms with Crippen molar-refractivity contribution in [1.82, 2.24) is 9.88 Å². The van der Waals surface area contributed by atoms with Gasteiger partial charge in [-0.3, -0.25) is 9.78 Å². The molecule has 1 aliphatic carbocycles. The van der Waals surface area contributed by atoms with Gasteiger partial charge in [0.1, 0.15) is 0 Å². The molecular formula is C13H20ClN3O. The van der Waals surface area contributed by atoms with Crippen molar-refractivity contribution in [3.63, 3.8) is 0 Å². The summed E-state index contributed by atoms with van der Waals surface area (Å²) in [5, 5.41) is 0. The SMILES string of the molecule is CCCN(C(=O)c1ccnc(CN)c1)C1CC1.Cl. The molecule has 0 atom stereocenters. The van der Waals surface area contributed by atoms with Crippen LogP contribution in [0.5, 0.6) is 0 Å². The Morgan fingerprint density at radius 2 is 2.28 bits per heavy atom. The largest absolute Gasteiger partial charge is 0.336 e. The molecule has 0 spiro atoms. The zero-order valence-corrected chi connectivity index (χ0v) is 11.4. The van der Waals surface area contributed by atoms with Crippen LogP contribution in [0.15, 0.2) is 18.3 Å². The summed E-state index contributed by atoms with van der Waals surface area (Å²) in [6.07, 6.45) is 4.94. The molecule has 1 amide bonds. The van der Waals surface area contributed by atoms with E-state index in [-0.39, 0.29) is 18.3 Å². The second kappa shape index (κ2) is 6.71. The van der Waals surface area contributed by atoms with Crippen molar-refractivity contribution in [3.05, 3.63) is 29.6 Å². The highest BCUT2D eigenvalue weighted by Crippen LogP contribution is 2.28. The molecule has 1 aromatic heterocycles. The highest BCUT2D eigenvalue weighted by Gasteiger charge is 2.32. The van der Waals surface area contributed by atoms with E-state index in [9.17, 15) is 4.79 Å². The number of amides is 1. The second-order valence-electron chi connectivity index (χ2n) is 4.47. The van der Waals surface area contributed by atoms with Crippen molar-refractivity contribution in [2.24, 2.45) is 5.73 Å². The van der Waals surface area contributed by atoms with Gasteiger partial charge in [0.05, 0.1) is 5.69 Å². The van der Waals surface area contributed by atoms with Crippen molar-refractivity contribution >= 4 is 18.3 Å². The third-order valence-electron chi connectivity index (χ3n) is 2.99. The Balaban J connectivity index is 0.00000162. The Hall–Kier alpha value is -1.13. The van der Waals surface area contributed by atoms with Crippen LogP contribution < -0.4 is 5.73 Å². The first kappa shape index (κ1) is 14.9. The highest BCUT2D eigenvalue weighted by molar-refractivity contribution is 5.94. The Bertz CT molecular complexity index is 407. The van der Waals surface area contributed by atoms with Crippen LogP contribution in [0, 0.1) is 0 Å². The molecule has 0 aromatic carbocycles. The number of carbonyl (C=O) groups excluding carboxylic acids is 1. The molecule has 4 nitrogen and oxygen atoms in total. The summed E-state index contributed by atoms with van der Waals surface area (Å²) in [6.45, 7) is 3.31. The third kappa shape index (κ3) is 3.43. The topological polar surface area (TPSA) is 59.2 Å². The second-order valence-corrected chi connectivity index (χ2v) is 4.47. The van der Waals surface area contributed by atoms with Gasteiger partial charge in [0.15, 0.2) is 0 Å². The lowest BCUT2D eigenvalue weighted by Gasteiger charge is -2.21. The first-order chi connectivity index (χ1) is 8.26. The average Bonchev–Trinajstić information content (AvgIpc) is 3.19. The molecule has 1 heterocycles. The molecule has 0 saturated heterocycles. The van der Waals surface area contributed by atoms with Crippen LogP contribution in [-0.4, -0.2) is 28.4 Å². The van der Waals surface area contributed by atoms with Crippen molar-refractivity contribution < 1.29 is 4.79 Å². The number of hydrogen-bond acceptors (Lipinski definition) is 3. The smallest absolute Gasteiger partial charge is 0.254 e. The molecule has 0 radical (unpaired) electrons. The third-order valence-corrected chi connectivity index (χ3v) is 2.99. The highest BCUT2D eigenvalue weighted by atomic mass is 35.5. The summed E-state index contributed by atoms with van der Waals surface area (Å²) in [5.41, 5.74) is 7.01.